The summed E-state index contributed by atoms with van der Waals surface area (Å²) in [5.74, 6) is 0. The van der Waals surface area contributed by atoms with Crippen LogP contribution in [0.4, 0.5) is 17.1 Å². The van der Waals surface area contributed by atoms with Crippen LogP contribution in [0.2, 0.25) is 0 Å². The van der Waals surface area contributed by atoms with Crippen molar-refractivity contribution in [3.63, 3.8) is 0 Å². The highest BCUT2D eigenvalue weighted by Crippen LogP contribution is 2.42. The lowest BCUT2D eigenvalue weighted by atomic mass is 9.98. The number of anilines is 3. The van der Waals surface area contributed by atoms with E-state index in [1.54, 1.807) is 0 Å². The Bertz CT molecular complexity index is 3180. The van der Waals surface area contributed by atoms with E-state index < -0.39 is 0 Å². The Balaban J connectivity index is 1.03. The maximum Gasteiger partial charge on any atom is 0.0547 e. The van der Waals surface area contributed by atoms with Crippen LogP contribution in [-0.4, -0.2) is 4.57 Å². The van der Waals surface area contributed by atoms with Crippen LogP contribution < -0.4 is 4.90 Å². The highest BCUT2D eigenvalue weighted by molar-refractivity contribution is 7.25. The van der Waals surface area contributed by atoms with E-state index in [4.69, 9.17) is 0 Å². The van der Waals surface area contributed by atoms with E-state index in [1.807, 2.05) is 11.3 Å². The number of hydrogen-bond acceptors (Lipinski definition) is 2. The smallest absolute Gasteiger partial charge is 0.0547 e. The highest BCUT2D eigenvalue weighted by Gasteiger charge is 2.17. The normalized spacial score (nSPS) is 11.6. The first kappa shape index (κ1) is 31.6. The van der Waals surface area contributed by atoms with Gasteiger partial charge >= 0.3 is 0 Å². The topological polar surface area (TPSA) is 8.17 Å². The molecule has 3 heteroatoms. The molecule has 0 fully saturated rings. The first-order valence-corrected chi connectivity index (χ1v) is 19.6. The minimum Gasteiger partial charge on any atom is -0.310 e. The number of aromatic nitrogens is 1. The molecule has 0 aliphatic rings. The highest BCUT2D eigenvalue weighted by atomic mass is 32.1. The Labute approximate surface area is 323 Å². The molecule has 0 bridgehead atoms. The number of hydrogen-bond donors (Lipinski definition) is 0. The van der Waals surface area contributed by atoms with E-state index in [9.17, 15) is 0 Å². The van der Waals surface area contributed by atoms with Gasteiger partial charge in [0.15, 0.2) is 0 Å². The lowest BCUT2D eigenvalue weighted by Crippen LogP contribution is -2.09. The molecule has 0 N–H and O–H groups in total. The molecule has 0 unspecified atom stereocenters. The molecule has 11 aromatic rings. The fraction of sp³-hybridized carbons (Fsp3) is 0. The van der Waals surface area contributed by atoms with Crippen molar-refractivity contribution < 1.29 is 0 Å². The van der Waals surface area contributed by atoms with Gasteiger partial charge in [0.2, 0.25) is 0 Å². The van der Waals surface area contributed by atoms with Crippen LogP contribution in [0, 0.1) is 0 Å². The molecular formula is C52H34N2S. The molecule has 2 nitrogen and oxygen atoms in total. The molecule has 0 spiro atoms. The van der Waals surface area contributed by atoms with Gasteiger partial charge in [0, 0.05) is 53.7 Å². The first-order valence-electron chi connectivity index (χ1n) is 18.8. The van der Waals surface area contributed by atoms with Crippen molar-refractivity contribution in [2.75, 3.05) is 4.90 Å². The van der Waals surface area contributed by atoms with E-state index in [0.29, 0.717) is 0 Å². The van der Waals surface area contributed by atoms with Gasteiger partial charge in [0.25, 0.3) is 0 Å². The lowest BCUT2D eigenvalue weighted by Gasteiger charge is -2.26. The third-order valence-electron chi connectivity index (χ3n) is 11.0. The third kappa shape index (κ3) is 5.32. The molecular weight excluding hydrogens is 685 g/mol. The summed E-state index contributed by atoms with van der Waals surface area (Å²) >= 11 is 1.85. The molecule has 0 radical (unpaired) electrons. The maximum atomic E-state index is 2.39. The molecule has 0 saturated heterocycles. The van der Waals surface area contributed by atoms with Crippen molar-refractivity contribution in [1.82, 2.24) is 4.57 Å². The van der Waals surface area contributed by atoms with Gasteiger partial charge in [-0.2, -0.15) is 0 Å². The summed E-state index contributed by atoms with van der Waals surface area (Å²) in [6.07, 6.45) is 0. The standard InChI is InChI=1S/C52H34N2S/c1-2-13-39(14-3-1)54-49-19-8-6-16-45(49)46-31-25-38(33-50(46)54)35-21-26-40(27-22-35)53(42-30-32-52-48(34-42)47-17-7-9-20-51(47)55-52)41-28-23-37(24-29-41)44-18-10-12-36-11-4-5-15-43(36)44/h1-34H. The molecule has 258 valence electrons. The number of thiophene rings is 1. The molecule has 0 aliphatic heterocycles. The summed E-state index contributed by atoms with van der Waals surface area (Å²) in [7, 11) is 0. The molecule has 2 heterocycles. The number of nitrogens with zero attached hydrogens (tertiary/aromatic N) is 2. The summed E-state index contributed by atoms with van der Waals surface area (Å²) in [5.41, 5.74) is 11.8. The van der Waals surface area contributed by atoms with E-state index in [-0.39, 0.29) is 0 Å². The fourth-order valence-corrected chi connectivity index (χ4v) is 9.46. The summed E-state index contributed by atoms with van der Waals surface area (Å²) < 4.78 is 5.00. The molecule has 0 saturated carbocycles. The van der Waals surface area contributed by atoms with E-state index in [1.165, 1.54) is 80.7 Å². The summed E-state index contributed by atoms with van der Waals surface area (Å²) in [5, 5.41) is 7.63. The van der Waals surface area contributed by atoms with Gasteiger partial charge < -0.3 is 9.47 Å². The van der Waals surface area contributed by atoms with Gasteiger partial charge in [-0.05, 0) is 106 Å². The minimum absolute atomic E-state index is 1.11. The van der Waals surface area contributed by atoms with Crippen LogP contribution in [0.5, 0.6) is 0 Å². The minimum atomic E-state index is 1.11. The Morgan fingerprint density at radius 3 is 1.76 bits per heavy atom. The zero-order chi connectivity index (χ0) is 36.3. The van der Waals surface area contributed by atoms with Crippen molar-refractivity contribution >= 4 is 81.1 Å². The van der Waals surface area contributed by atoms with E-state index >= 15 is 0 Å². The van der Waals surface area contributed by atoms with Gasteiger partial charge in [0.05, 0.1) is 11.0 Å². The first-order chi connectivity index (χ1) is 27.3. The number of benzene rings is 9. The fourth-order valence-electron chi connectivity index (χ4n) is 8.38. The molecule has 2 aromatic heterocycles. The van der Waals surface area contributed by atoms with Crippen molar-refractivity contribution in [1.29, 1.82) is 0 Å². The van der Waals surface area contributed by atoms with E-state index in [2.05, 4.69) is 216 Å². The van der Waals surface area contributed by atoms with Crippen molar-refractivity contribution in [3.05, 3.63) is 206 Å². The number of para-hydroxylation sites is 2. The zero-order valence-corrected chi connectivity index (χ0v) is 30.7. The van der Waals surface area contributed by atoms with Gasteiger partial charge in [-0.25, -0.2) is 0 Å². The summed E-state index contributed by atoms with van der Waals surface area (Å²) in [4.78, 5) is 2.39. The molecule has 0 amide bonds. The van der Waals surface area contributed by atoms with Crippen LogP contribution in [-0.2, 0) is 0 Å². The second-order valence-corrected chi connectivity index (χ2v) is 15.2. The van der Waals surface area contributed by atoms with Crippen LogP contribution in [0.3, 0.4) is 0 Å². The SMILES string of the molecule is c1ccc(-n2c3ccccc3c3ccc(-c4ccc(N(c5ccc(-c6cccc7ccccc67)cc5)c5ccc6sc7ccccc7c6c5)cc4)cc32)cc1. The van der Waals surface area contributed by atoms with Crippen LogP contribution in [0.25, 0.3) is 80.7 Å². The van der Waals surface area contributed by atoms with Crippen LogP contribution in [0.1, 0.15) is 0 Å². The predicted octanol–water partition coefficient (Wildman–Crippen LogP) is 15.1. The average molecular weight is 719 g/mol. The van der Waals surface area contributed by atoms with Crippen molar-refractivity contribution in [2.24, 2.45) is 0 Å². The lowest BCUT2D eigenvalue weighted by molar-refractivity contribution is 1.18. The maximum absolute atomic E-state index is 2.39. The number of fused-ring (bicyclic) bond motifs is 7. The Morgan fingerprint density at radius 1 is 0.345 bits per heavy atom. The van der Waals surface area contributed by atoms with E-state index in [0.717, 1.165) is 17.1 Å². The Kier molecular flexibility index (Phi) is 7.39. The van der Waals surface area contributed by atoms with Crippen molar-refractivity contribution in [3.8, 4) is 27.9 Å². The molecule has 9 aromatic carbocycles. The predicted molar refractivity (Wildman–Crippen MR) is 237 cm³/mol. The van der Waals surface area contributed by atoms with Gasteiger partial charge in [-0.15, -0.1) is 11.3 Å². The third-order valence-corrected chi connectivity index (χ3v) is 12.1. The summed E-state index contributed by atoms with van der Waals surface area (Å²) in [6, 6.07) is 75.2. The van der Waals surface area contributed by atoms with Gasteiger partial charge in [-0.1, -0.05) is 133 Å². The summed E-state index contributed by atoms with van der Waals surface area (Å²) in [6.45, 7) is 0. The Hall–Kier alpha value is -6.94. The molecule has 11 rings (SSSR count). The quantitative estimate of drug-likeness (QED) is 0.166. The van der Waals surface area contributed by atoms with Crippen LogP contribution in [0.15, 0.2) is 206 Å². The number of rotatable bonds is 6. The van der Waals surface area contributed by atoms with Gasteiger partial charge in [-0.3, -0.25) is 0 Å². The molecule has 0 aliphatic carbocycles. The monoisotopic (exact) mass is 718 g/mol. The second kappa shape index (κ2) is 12.9. The Morgan fingerprint density at radius 2 is 0.945 bits per heavy atom. The van der Waals surface area contributed by atoms with Crippen molar-refractivity contribution in [2.45, 2.75) is 0 Å². The largest absolute Gasteiger partial charge is 0.310 e. The second-order valence-electron chi connectivity index (χ2n) is 14.2. The molecule has 55 heavy (non-hydrogen) atoms. The zero-order valence-electron chi connectivity index (χ0n) is 29.9. The van der Waals surface area contributed by atoms with Crippen LogP contribution >= 0.6 is 11.3 Å². The molecule has 0 atom stereocenters. The van der Waals surface area contributed by atoms with Gasteiger partial charge in [0.1, 0.15) is 0 Å². The average Bonchev–Trinajstić information content (AvgIpc) is 3.79.